The molecule has 0 bridgehead atoms. The minimum absolute atomic E-state index is 0.0297. The highest BCUT2D eigenvalue weighted by Crippen LogP contribution is 2.41. The van der Waals surface area contributed by atoms with E-state index in [1.165, 1.54) is 18.3 Å². The Bertz CT molecular complexity index is 1850. The molecule has 0 saturated carbocycles. The zero-order chi connectivity index (χ0) is 31.9. The molecule has 228 valence electrons. The molecule has 2 amide bonds. The van der Waals surface area contributed by atoms with Crippen molar-refractivity contribution in [2.24, 2.45) is 0 Å². The molecule has 0 radical (unpaired) electrons. The van der Waals surface area contributed by atoms with Crippen LogP contribution in [0.5, 0.6) is 0 Å². The van der Waals surface area contributed by atoms with Crippen molar-refractivity contribution in [3.05, 3.63) is 72.9 Å². The van der Waals surface area contributed by atoms with Crippen molar-refractivity contribution in [3.8, 4) is 5.82 Å². The number of tetrazole rings is 1. The first-order valence-electron chi connectivity index (χ1n) is 11.4. The smallest absolute Gasteiger partial charge is 0.320 e. The first-order valence-corrected chi connectivity index (χ1v) is 15.2. The van der Waals surface area contributed by atoms with Gasteiger partial charge >= 0.3 is 12.1 Å². The van der Waals surface area contributed by atoms with Crippen LogP contribution in [0.3, 0.4) is 0 Å². The first kappa shape index (κ1) is 32.3. The van der Waals surface area contributed by atoms with Gasteiger partial charge in [-0.3, -0.25) is 9.59 Å². The monoisotopic (exact) mass is 803 g/mol. The van der Waals surface area contributed by atoms with Crippen molar-refractivity contribution in [3.63, 3.8) is 0 Å². The second kappa shape index (κ2) is 11.8. The molecular formula is C22H16BrF5IN9O4S. The lowest BCUT2D eigenvalue weighted by molar-refractivity contribution is -0.292. The molecule has 0 aliphatic carbocycles. The molecule has 0 atom stereocenters. The van der Waals surface area contributed by atoms with Gasteiger partial charge in [-0.25, -0.2) is 22.8 Å². The molecule has 3 aromatic heterocycles. The Morgan fingerprint density at radius 1 is 1.09 bits per heavy atom. The number of hydrogen-bond acceptors (Lipinski definition) is 9. The minimum atomic E-state index is -5.95. The summed E-state index contributed by atoms with van der Waals surface area (Å²) >= 11 is 5.19. The lowest BCUT2D eigenvalue weighted by Gasteiger charge is -2.15. The number of rotatable bonds is 8. The summed E-state index contributed by atoms with van der Waals surface area (Å²) in [6.07, 6.45) is -3.79. The Labute approximate surface area is 260 Å². The van der Waals surface area contributed by atoms with E-state index in [0.717, 1.165) is 10.9 Å². The summed E-state index contributed by atoms with van der Waals surface area (Å²) < 4.78 is 92.6. The van der Waals surface area contributed by atoms with Gasteiger partial charge in [-0.15, -0.1) is 10.2 Å². The number of alkyl halides is 5. The molecule has 0 aliphatic rings. The van der Waals surface area contributed by atoms with Crippen LogP contribution in [-0.2, 0) is 22.5 Å². The van der Waals surface area contributed by atoms with Gasteiger partial charge in [0, 0.05) is 9.77 Å². The van der Waals surface area contributed by atoms with Crippen molar-refractivity contribution in [2.45, 2.75) is 25.6 Å². The number of nitrogens with zero attached hydrogens (tertiary/aromatic N) is 7. The van der Waals surface area contributed by atoms with Gasteiger partial charge in [0.15, 0.2) is 5.82 Å². The maximum absolute atomic E-state index is 13.6. The number of halogens is 7. The highest BCUT2D eigenvalue weighted by atomic mass is 127. The lowest BCUT2D eigenvalue weighted by Crippen LogP contribution is -2.35. The van der Waals surface area contributed by atoms with Crippen LogP contribution in [0, 0.1) is 10.5 Å². The minimum Gasteiger partial charge on any atom is -0.320 e. The molecule has 2 N–H and O–H groups in total. The fourth-order valence-corrected chi connectivity index (χ4v) is 5.21. The van der Waals surface area contributed by atoms with Crippen molar-refractivity contribution < 1.29 is 40.0 Å². The lowest BCUT2D eigenvalue weighted by atomic mass is 10.1. The number of pyridine rings is 1. The van der Waals surface area contributed by atoms with Crippen LogP contribution in [0.25, 0.3) is 5.82 Å². The van der Waals surface area contributed by atoms with Crippen LogP contribution in [0.2, 0.25) is 0 Å². The number of benzene rings is 1. The van der Waals surface area contributed by atoms with E-state index in [4.69, 9.17) is 0 Å². The topological polar surface area (TPSA) is 167 Å². The van der Waals surface area contributed by atoms with Crippen LogP contribution in [-0.4, -0.2) is 67.6 Å². The largest absolute Gasteiger partial charge is 0.461 e. The fraction of sp³-hybridized carbons (Fsp3) is 0.227. The van der Waals surface area contributed by atoms with E-state index in [9.17, 15) is 40.0 Å². The summed E-state index contributed by atoms with van der Waals surface area (Å²) in [5.41, 5.74) is -0.0929. The summed E-state index contributed by atoms with van der Waals surface area (Å²) in [7, 11) is -3.96. The summed E-state index contributed by atoms with van der Waals surface area (Å²) in [5, 5.41) is 16.0. The third-order valence-electron chi connectivity index (χ3n) is 5.39. The normalized spacial score (nSPS) is 12.3. The predicted molar refractivity (Wildman–Crippen MR) is 150 cm³/mol. The summed E-state index contributed by atoms with van der Waals surface area (Å²) in [4.78, 5) is 30.9. The Balaban J connectivity index is 1.74. The number of anilines is 1. The van der Waals surface area contributed by atoms with E-state index >= 15 is 0 Å². The second-order valence-electron chi connectivity index (χ2n) is 8.76. The Kier molecular flexibility index (Phi) is 8.89. The van der Waals surface area contributed by atoms with Crippen molar-refractivity contribution in [2.75, 3.05) is 11.6 Å². The number of nitrogens with one attached hydrogen (secondary N) is 2. The van der Waals surface area contributed by atoms with E-state index in [0.29, 0.717) is 18.4 Å². The van der Waals surface area contributed by atoms with Crippen LogP contribution in [0.1, 0.15) is 37.9 Å². The van der Waals surface area contributed by atoms with Crippen molar-refractivity contribution in [1.29, 1.82) is 0 Å². The Morgan fingerprint density at radius 2 is 1.79 bits per heavy atom. The number of sulfonamides is 1. The summed E-state index contributed by atoms with van der Waals surface area (Å²) in [6.45, 7) is 0.987. The third kappa shape index (κ3) is 7.14. The van der Waals surface area contributed by atoms with Gasteiger partial charge in [0.25, 0.3) is 17.6 Å². The molecule has 43 heavy (non-hydrogen) atoms. The summed E-state index contributed by atoms with van der Waals surface area (Å²) in [6, 6.07) is 7.29. The van der Waals surface area contributed by atoms with E-state index in [1.807, 2.05) is 27.3 Å². The molecule has 0 aliphatic heterocycles. The molecule has 4 rings (SSSR count). The number of aromatic nitrogens is 7. The highest BCUT2D eigenvalue weighted by Gasteiger charge is 2.62. The van der Waals surface area contributed by atoms with E-state index in [1.54, 1.807) is 25.1 Å². The van der Waals surface area contributed by atoms with Gasteiger partial charge in [0.05, 0.1) is 27.7 Å². The highest BCUT2D eigenvalue weighted by molar-refractivity contribution is 14.1. The number of amides is 2. The van der Waals surface area contributed by atoms with Gasteiger partial charge in [-0.05, 0) is 86.6 Å². The third-order valence-corrected chi connectivity index (χ3v) is 7.18. The van der Waals surface area contributed by atoms with Gasteiger partial charge < -0.3 is 5.32 Å². The molecule has 21 heteroatoms. The molecule has 0 fully saturated rings. The average molecular weight is 804 g/mol. The number of carbonyl (C=O) groups is 2. The maximum atomic E-state index is 13.6. The molecule has 0 spiro atoms. The van der Waals surface area contributed by atoms with Crippen molar-refractivity contribution in [1.82, 2.24) is 39.7 Å². The Hall–Kier alpha value is -3.60. The van der Waals surface area contributed by atoms with E-state index < -0.39 is 46.3 Å². The second-order valence-corrected chi connectivity index (χ2v) is 12.6. The molecular weight excluding hydrogens is 788 g/mol. The van der Waals surface area contributed by atoms with Crippen LogP contribution in [0.4, 0.5) is 27.6 Å². The zero-order valence-corrected chi connectivity index (χ0v) is 26.0. The SMILES string of the molecule is Cc1cc(I)cc(C(=O)NS(C)(=O)=O)c1NC(=O)c1cc(Cn2nnc(C(F)(F)C(F)(F)F)n2)nn1-c1ncccc1Br. The van der Waals surface area contributed by atoms with Gasteiger partial charge in [-0.1, -0.05) is 0 Å². The maximum Gasteiger partial charge on any atom is 0.461 e. The molecule has 4 aromatic rings. The fourth-order valence-electron chi connectivity index (χ4n) is 3.56. The Morgan fingerprint density at radius 3 is 2.42 bits per heavy atom. The first-order chi connectivity index (χ1) is 19.9. The molecule has 1 aromatic carbocycles. The standard InChI is InChI=1S/C22H16BrF5IN9O4S/c1-10-6-11(29)7-13(18(39)35-43(2,41)42)16(10)31-19(40)15-8-12(33-38(15)17-14(23)4-3-5-30-17)9-37-34-20(32-36-37)21(24,25)22(26,27)28/h3-8H,9H2,1-2H3,(H,31,40)(H,35,39). The average Bonchev–Trinajstić information content (AvgIpc) is 3.52. The van der Waals surface area contributed by atoms with E-state index in [2.05, 4.69) is 46.7 Å². The van der Waals surface area contributed by atoms with Crippen LogP contribution < -0.4 is 10.0 Å². The van der Waals surface area contributed by atoms with E-state index in [-0.39, 0.29) is 28.5 Å². The number of aryl methyl sites for hydroxylation is 1. The van der Waals surface area contributed by atoms with Crippen LogP contribution >= 0.6 is 38.5 Å². The van der Waals surface area contributed by atoms with Gasteiger partial charge in [-0.2, -0.15) is 31.8 Å². The summed E-state index contributed by atoms with van der Waals surface area (Å²) in [5.74, 6) is -9.03. The number of carbonyl (C=O) groups excluding carboxylic acids is 2. The number of hydrogen-bond donors (Lipinski definition) is 2. The predicted octanol–water partition coefficient (Wildman–Crippen LogP) is 3.57. The zero-order valence-electron chi connectivity index (χ0n) is 21.5. The molecule has 0 unspecified atom stereocenters. The van der Waals surface area contributed by atoms with Crippen molar-refractivity contribution >= 4 is 66.0 Å². The molecule has 0 saturated heterocycles. The quantitative estimate of drug-likeness (QED) is 0.200. The molecule has 3 heterocycles. The molecule has 13 nitrogen and oxygen atoms in total. The van der Waals surface area contributed by atoms with Gasteiger partial charge in [0.1, 0.15) is 12.2 Å². The van der Waals surface area contributed by atoms with Crippen LogP contribution in [0.15, 0.2) is 41.0 Å². The van der Waals surface area contributed by atoms with Gasteiger partial charge in [0.2, 0.25) is 10.0 Å².